The van der Waals surface area contributed by atoms with Gasteiger partial charge in [-0.2, -0.15) is 0 Å². The fourth-order valence-corrected chi connectivity index (χ4v) is 6.35. The average molecular weight is 673 g/mol. The quantitative estimate of drug-likeness (QED) is 0.218. The Morgan fingerprint density at radius 3 is 2.12 bits per heavy atom. The first-order chi connectivity index (χ1) is 19.7. The maximum atomic E-state index is 14.1. The number of sulfonamides is 1. The molecule has 0 saturated carbocycles. The van der Waals surface area contributed by atoms with E-state index in [0.29, 0.717) is 22.2 Å². The summed E-state index contributed by atoms with van der Waals surface area (Å²) in [6.07, 6.45) is 0.276. The third kappa shape index (κ3) is 8.54. The number of amides is 2. The Hall–Kier alpha value is -2.49. The number of nitrogens with zero attached hydrogens (tertiary/aromatic N) is 2. The Morgan fingerprint density at radius 1 is 0.881 bits per heavy atom. The van der Waals surface area contributed by atoms with Crippen molar-refractivity contribution < 1.29 is 18.0 Å². The second-order valence-electron chi connectivity index (χ2n) is 10.2. The molecule has 1 N–H and O–H groups in total. The minimum absolute atomic E-state index is 0.0130. The Labute approximate surface area is 267 Å². The number of benzene rings is 3. The lowest BCUT2D eigenvalue weighted by atomic mass is 10.1. The topological polar surface area (TPSA) is 86.8 Å². The normalized spacial score (nSPS) is 12.2. The molecule has 0 spiro atoms. The first-order valence-corrected chi connectivity index (χ1v) is 16.2. The van der Waals surface area contributed by atoms with E-state index in [1.54, 1.807) is 37.3 Å². The lowest BCUT2D eigenvalue weighted by molar-refractivity contribution is -0.140. The molecule has 1 atom stereocenters. The summed E-state index contributed by atoms with van der Waals surface area (Å²) in [4.78, 5) is 28.8. The molecule has 0 aliphatic carbocycles. The van der Waals surface area contributed by atoms with E-state index in [9.17, 15) is 18.0 Å². The van der Waals surface area contributed by atoms with Crippen LogP contribution in [0.15, 0.2) is 65.6 Å². The Bertz CT molecular complexity index is 1530. The van der Waals surface area contributed by atoms with E-state index >= 15 is 0 Å². The van der Waals surface area contributed by atoms with Gasteiger partial charge in [-0.3, -0.25) is 13.9 Å². The van der Waals surface area contributed by atoms with Gasteiger partial charge in [-0.25, -0.2) is 8.42 Å². The van der Waals surface area contributed by atoms with Crippen LogP contribution in [-0.2, 0) is 26.2 Å². The van der Waals surface area contributed by atoms with Crippen molar-refractivity contribution in [2.24, 2.45) is 5.92 Å². The van der Waals surface area contributed by atoms with Gasteiger partial charge < -0.3 is 10.2 Å². The molecule has 0 heterocycles. The fourth-order valence-electron chi connectivity index (χ4n) is 4.18. The molecule has 0 aromatic heterocycles. The first-order valence-electron chi connectivity index (χ1n) is 13.3. The van der Waals surface area contributed by atoms with Crippen LogP contribution in [0, 0.1) is 12.8 Å². The number of anilines is 1. The third-order valence-corrected chi connectivity index (χ3v) is 9.62. The van der Waals surface area contributed by atoms with Gasteiger partial charge in [-0.1, -0.05) is 90.9 Å². The number of nitrogens with one attached hydrogen (secondary N) is 1. The SMILES string of the molecule is CC[C@@H](C(=O)NCC(C)C)N(Cc1ccc(Cl)cc1Cl)C(=O)CN(c1ccc(Cl)c(Cl)c1)S(=O)(=O)c1ccc(C)cc1. The maximum absolute atomic E-state index is 14.1. The van der Waals surface area contributed by atoms with Gasteiger partial charge in [0.25, 0.3) is 10.0 Å². The lowest BCUT2D eigenvalue weighted by Crippen LogP contribution is -2.52. The predicted octanol–water partition coefficient (Wildman–Crippen LogP) is 7.38. The number of halogens is 4. The summed E-state index contributed by atoms with van der Waals surface area (Å²) in [6, 6.07) is 14.5. The van der Waals surface area contributed by atoms with Gasteiger partial charge in [-0.15, -0.1) is 0 Å². The number of hydrogen-bond acceptors (Lipinski definition) is 4. The van der Waals surface area contributed by atoms with Crippen LogP contribution in [0.3, 0.4) is 0 Å². The van der Waals surface area contributed by atoms with Crippen molar-refractivity contribution in [2.75, 3.05) is 17.4 Å². The molecule has 0 aliphatic heterocycles. The Balaban J connectivity index is 2.09. The van der Waals surface area contributed by atoms with Crippen molar-refractivity contribution >= 4 is 73.9 Å². The molecule has 12 heteroatoms. The van der Waals surface area contributed by atoms with Crippen molar-refractivity contribution in [1.82, 2.24) is 10.2 Å². The highest BCUT2D eigenvalue weighted by Gasteiger charge is 2.34. The zero-order valence-electron chi connectivity index (χ0n) is 23.7. The third-order valence-electron chi connectivity index (χ3n) is 6.51. The van der Waals surface area contributed by atoms with E-state index in [4.69, 9.17) is 46.4 Å². The average Bonchev–Trinajstić information content (AvgIpc) is 2.93. The number of rotatable bonds is 12. The van der Waals surface area contributed by atoms with Crippen LogP contribution in [0.25, 0.3) is 0 Å². The smallest absolute Gasteiger partial charge is 0.264 e. The molecule has 3 rings (SSSR count). The molecule has 3 aromatic rings. The number of carbonyl (C=O) groups excluding carboxylic acids is 2. The van der Waals surface area contributed by atoms with Crippen molar-refractivity contribution in [3.8, 4) is 0 Å². The van der Waals surface area contributed by atoms with Crippen molar-refractivity contribution in [1.29, 1.82) is 0 Å². The van der Waals surface area contributed by atoms with Crippen molar-refractivity contribution in [3.05, 3.63) is 91.9 Å². The fraction of sp³-hybridized carbons (Fsp3) is 0.333. The Kier molecular flexibility index (Phi) is 12.0. The second kappa shape index (κ2) is 14.8. The molecule has 226 valence electrons. The highest BCUT2D eigenvalue weighted by molar-refractivity contribution is 7.92. The monoisotopic (exact) mass is 671 g/mol. The van der Waals surface area contributed by atoms with E-state index in [1.165, 1.54) is 35.2 Å². The highest BCUT2D eigenvalue weighted by Crippen LogP contribution is 2.31. The van der Waals surface area contributed by atoms with Gasteiger partial charge in [0.05, 0.1) is 20.6 Å². The Morgan fingerprint density at radius 2 is 1.55 bits per heavy atom. The summed E-state index contributed by atoms with van der Waals surface area (Å²) in [6.45, 7) is 7.28. The molecule has 2 amide bonds. The predicted molar refractivity (Wildman–Crippen MR) is 171 cm³/mol. The number of hydrogen-bond donors (Lipinski definition) is 1. The molecule has 0 radical (unpaired) electrons. The summed E-state index contributed by atoms with van der Waals surface area (Å²) in [5.74, 6) is -0.785. The lowest BCUT2D eigenvalue weighted by Gasteiger charge is -2.33. The van der Waals surface area contributed by atoms with Crippen LogP contribution in [0.4, 0.5) is 5.69 Å². The molecular formula is C30H33Cl4N3O4S. The molecule has 3 aromatic carbocycles. The van der Waals surface area contributed by atoms with E-state index in [-0.39, 0.29) is 45.4 Å². The minimum atomic E-state index is -4.25. The van der Waals surface area contributed by atoms with Gasteiger partial charge in [-0.05, 0) is 67.3 Å². The summed E-state index contributed by atoms with van der Waals surface area (Å²) < 4.78 is 28.9. The highest BCUT2D eigenvalue weighted by atomic mass is 35.5. The summed E-state index contributed by atoms with van der Waals surface area (Å²) >= 11 is 24.9. The van der Waals surface area contributed by atoms with Crippen LogP contribution in [0.2, 0.25) is 20.1 Å². The van der Waals surface area contributed by atoms with Crippen molar-refractivity contribution in [2.45, 2.75) is 51.6 Å². The molecule has 0 saturated heterocycles. The minimum Gasteiger partial charge on any atom is -0.354 e. The largest absolute Gasteiger partial charge is 0.354 e. The summed E-state index contributed by atoms with van der Waals surface area (Å²) in [7, 11) is -4.25. The number of aryl methyl sites for hydroxylation is 1. The van der Waals surface area contributed by atoms with E-state index < -0.39 is 28.5 Å². The van der Waals surface area contributed by atoms with Gasteiger partial charge in [0, 0.05) is 23.1 Å². The second-order valence-corrected chi connectivity index (χ2v) is 13.8. The zero-order valence-corrected chi connectivity index (χ0v) is 27.5. The molecule has 0 bridgehead atoms. The van der Waals surface area contributed by atoms with Crippen LogP contribution in [0.1, 0.15) is 38.3 Å². The summed E-state index contributed by atoms with van der Waals surface area (Å²) in [5, 5.41) is 3.96. The van der Waals surface area contributed by atoms with Gasteiger partial charge in [0.1, 0.15) is 12.6 Å². The van der Waals surface area contributed by atoms with Crippen LogP contribution in [-0.4, -0.2) is 44.3 Å². The standard InChI is InChI=1S/C30H33Cl4N3O4S/c1-5-28(30(39)35-16-19(2)3)36(17-21-8-9-22(31)14-26(21)33)29(38)18-37(23-10-13-25(32)27(34)15-23)42(40,41)24-11-6-20(4)7-12-24/h6-15,19,28H,5,16-18H2,1-4H3,(H,35,39)/t28-/m0/s1. The van der Waals surface area contributed by atoms with Crippen LogP contribution < -0.4 is 9.62 Å². The van der Waals surface area contributed by atoms with E-state index in [2.05, 4.69) is 5.32 Å². The zero-order chi connectivity index (χ0) is 31.2. The van der Waals surface area contributed by atoms with Crippen LogP contribution in [0.5, 0.6) is 0 Å². The van der Waals surface area contributed by atoms with E-state index in [0.717, 1.165) is 9.87 Å². The molecule has 0 fully saturated rings. The van der Waals surface area contributed by atoms with Gasteiger partial charge in [0.2, 0.25) is 11.8 Å². The molecule has 0 aliphatic rings. The maximum Gasteiger partial charge on any atom is 0.264 e. The van der Waals surface area contributed by atoms with Crippen molar-refractivity contribution in [3.63, 3.8) is 0 Å². The first kappa shape index (κ1) is 34.0. The summed E-state index contributed by atoms with van der Waals surface area (Å²) in [5.41, 5.74) is 1.56. The molecular weight excluding hydrogens is 640 g/mol. The van der Waals surface area contributed by atoms with Gasteiger partial charge >= 0.3 is 0 Å². The molecule has 7 nitrogen and oxygen atoms in total. The van der Waals surface area contributed by atoms with E-state index in [1.807, 2.05) is 20.8 Å². The molecule has 42 heavy (non-hydrogen) atoms. The molecule has 0 unspecified atom stereocenters. The van der Waals surface area contributed by atoms with Crippen LogP contribution >= 0.6 is 46.4 Å². The van der Waals surface area contributed by atoms with Gasteiger partial charge in [0.15, 0.2) is 0 Å². The number of carbonyl (C=O) groups is 2.